The first-order valence-corrected chi connectivity index (χ1v) is 8.25. The van der Waals surface area contributed by atoms with E-state index in [1.165, 1.54) is 37.2 Å². The maximum atomic E-state index is 11.5. The lowest BCUT2D eigenvalue weighted by Crippen LogP contribution is -2.33. The largest absolute Gasteiger partial charge is 0.444 e. The van der Waals surface area contributed by atoms with Crippen molar-refractivity contribution in [1.29, 1.82) is 0 Å². The summed E-state index contributed by atoms with van der Waals surface area (Å²) < 4.78 is 5.21. The van der Waals surface area contributed by atoms with Crippen LogP contribution in [0.1, 0.15) is 45.6 Å². The second-order valence-electron chi connectivity index (χ2n) is 6.89. The van der Waals surface area contributed by atoms with Crippen LogP contribution in [0.3, 0.4) is 0 Å². The Labute approximate surface area is 133 Å². The molecular weight excluding hydrogens is 276 g/mol. The fraction of sp³-hybridized carbons (Fsp3) is 0.611. The number of hydrogen-bond acceptors (Lipinski definition) is 3. The lowest BCUT2D eigenvalue weighted by Gasteiger charge is -2.19. The third kappa shape index (κ3) is 5.58. The van der Waals surface area contributed by atoms with Crippen molar-refractivity contribution >= 4 is 11.8 Å². The number of carbonyl (C=O) groups is 1. The molecule has 1 aliphatic rings. The average Bonchev–Trinajstić information content (AvgIpc) is 2.96. The summed E-state index contributed by atoms with van der Waals surface area (Å²) in [6, 6.07) is 8.81. The van der Waals surface area contributed by atoms with Crippen LogP contribution in [0.4, 0.5) is 10.5 Å². The summed E-state index contributed by atoms with van der Waals surface area (Å²) >= 11 is 0. The van der Waals surface area contributed by atoms with E-state index in [4.69, 9.17) is 4.74 Å². The molecule has 1 aliphatic heterocycles. The Kier molecular flexibility index (Phi) is 5.69. The molecule has 4 nitrogen and oxygen atoms in total. The normalized spacial score (nSPS) is 15.0. The number of benzene rings is 1. The minimum atomic E-state index is -0.435. The Morgan fingerprint density at radius 2 is 1.82 bits per heavy atom. The number of alkyl carbamates (subject to hydrolysis) is 1. The van der Waals surface area contributed by atoms with E-state index >= 15 is 0 Å². The number of ether oxygens (including phenoxy) is 1. The fourth-order valence-electron chi connectivity index (χ4n) is 2.65. The van der Waals surface area contributed by atoms with Crippen LogP contribution < -0.4 is 10.2 Å². The number of carbonyl (C=O) groups excluding carboxylic acids is 1. The van der Waals surface area contributed by atoms with E-state index in [1.807, 2.05) is 20.8 Å². The highest BCUT2D eigenvalue weighted by Crippen LogP contribution is 2.20. The summed E-state index contributed by atoms with van der Waals surface area (Å²) in [6.07, 6.45) is 4.16. The molecule has 0 spiro atoms. The van der Waals surface area contributed by atoms with Gasteiger partial charge in [0.15, 0.2) is 0 Å². The molecule has 1 amide bonds. The van der Waals surface area contributed by atoms with E-state index in [0.717, 1.165) is 12.8 Å². The van der Waals surface area contributed by atoms with Gasteiger partial charge in [-0.1, -0.05) is 12.1 Å². The molecule has 22 heavy (non-hydrogen) atoms. The highest BCUT2D eigenvalue weighted by Gasteiger charge is 2.15. The Bertz CT molecular complexity index is 471. The molecule has 122 valence electrons. The highest BCUT2D eigenvalue weighted by molar-refractivity contribution is 5.67. The van der Waals surface area contributed by atoms with Crippen molar-refractivity contribution in [1.82, 2.24) is 5.32 Å². The minimum Gasteiger partial charge on any atom is -0.444 e. The maximum Gasteiger partial charge on any atom is 0.407 e. The van der Waals surface area contributed by atoms with Crippen LogP contribution in [0.25, 0.3) is 0 Å². The van der Waals surface area contributed by atoms with Crippen LogP contribution in [-0.2, 0) is 11.2 Å². The predicted octanol–water partition coefficient (Wildman–Crippen LogP) is 3.74. The second kappa shape index (κ2) is 7.52. The van der Waals surface area contributed by atoms with Crippen LogP contribution in [0.2, 0.25) is 0 Å². The molecule has 0 atom stereocenters. The molecular formula is C18H28N2O2. The number of nitrogens with one attached hydrogen (secondary N) is 1. The summed E-state index contributed by atoms with van der Waals surface area (Å²) in [5.74, 6) is 0. The molecule has 1 aromatic rings. The molecule has 2 rings (SSSR count). The highest BCUT2D eigenvalue weighted by atomic mass is 16.6. The lowest BCUT2D eigenvalue weighted by molar-refractivity contribution is 0.0527. The zero-order chi connectivity index (χ0) is 16.0. The summed E-state index contributed by atoms with van der Waals surface area (Å²) in [4.78, 5) is 14.0. The van der Waals surface area contributed by atoms with Gasteiger partial charge in [0.2, 0.25) is 0 Å². The summed E-state index contributed by atoms with van der Waals surface area (Å²) in [5.41, 5.74) is 2.21. The average molecular weight is 304 g/mol. The molecule has 4 heteroatoms. The molecule has 0 aromatic heterocycles. The molecule has 1 aromatic carbocycles. The maximum absolute atomic E-state index is 11.5. The number of hydrogen-bond donors (Lipinski definition) is 1. The van der Waals surface area contributed by atoms with Crippen molar-refractivity contribution in [2.45, 2.75) is 52.1 Å². The fourth-order valence-corrected chi connectivity index (χ4v) is 2.65. The zero-order valence-corrected chi connectivity index (χ0v) is 14.0. The standard InChI is InChI=1S/C18H28N2O2/c1-18(2,3)22-17(21)19-12-6-7-15-8-10-16(11-9-15)20-13-4-5-14-20/h8-11H,4-7,12-14H2,1-3H3,(H,19,21). The van der Waals surface area contributed by atoms with Crippen molar-refractivity contribution in [2.75, 3.05) is 24.5 Å². The SMILES string of the molecule is CC(C)(C)OC(=O)NCCCc1ccc(N2CCCC2)cc1. The number of rotatable bonds is 5. The first kappa shape index (κ1) is 16.7. The number of anilines is 1. The van der Waals surface area contributed by atoms with Crippen molar-refractivity contribution in [3.05, 3.63) is 29.8 Å². The van der Waals surface area contributed by atoms with Gasteiger partial charge in [0.25, 0.3) is 0 Å². The molecule has 0 radical (unpaired) electrons. The van der Waals surface area contributed by atoms with Crippen molar-refractivity contribution in [2.24, 2.45) is 0 Å². The monoisotopic (exact) mass is 304 g/mol. The Balaban J connectivity index is 1.68. The quantitative estimate of drug-likeness (QED) is 0.843. The molecule has 1 N–H and O–H groups in total. The zero-order valence-electron chi connectivity index (χ0n) is 14.0. The second-order valence-corrected chi connectivity index (χ2v) is 6.89. The van der Waals surface area contributed by atoms with Crippen LogP contribution >= 0.6 is 0 Å². The van der Waals surface area contributed by atoms with Gasteiger partial charge in [0.05, 0.1) is 0 Å². The van der Waals surface area contributed by atoms with E-state index in [2.05, 4.69) is 34.5 Å². The lowest BCUT2D eigenvalue weighted by atomic mass is 10.1. The van der Waals surface area contributed by atoms with Gasteiger partial charge >= 0.3 is 6.09 Å². The van der Waals surface area contributed by atoms with Crippen LogP contribution in [0.15, 0.2) is 24.3 Å². The number of amides is 1. The van der Waals surface area contributed by atoms with E-state index in [1.54, 1.807) is 0 Å². The number of nitrogens with zero attached hydrogens (tertiary/aromatic N) is 1. The third-order valence-electron chi connectivity index (χ3n) is 3.72. The Morgan fingerprint density at radius 1 is 1.18 bits per heavy atom. The molecule has 1 heterocycles. The summed E-state index contributed by atoms with van der Waals surface area (Å²) in [5, 5.41) is 2.80. The molecule has 0 unspecified atom stereocenters. The topological polar surface area (TPSA) is 41.6 Å². The van der Waals surface area contributed by atoms with Gasteiger partial charge in [-0.3, -0.25) is 0 Å². The minimum absolute atomic E-state index is 0.336. The van der Waals surface area contributed by atoms with Gasteiger partial charge in [-0.05, 0) is 64.2 Å². The first-order chi connectivity index (χ1) is 10.4. The van der Waals surface area contributed by atoms with Gasteiger partial charge < -0.3 is 15.0 Å². The molecule has 1 saturated heterocycles. The van der Waals surface area contributed by atoms with E-state index in [-0.39, 0.29) is 6.09 Å². The first-order valence-electron chi connectivity index (χ1n) is 8.25. The van der Waals surface area contributed by atoms with E-state index < -0.39 is 5.60 Å². The van der Waals surface area contributed by atoms with Crippen molar-refractivity contribution < 1.29 is 9.53 Å². The van der Waals surface area contributed by atoms with E-state index in [0.29, 0.717) is 6.54 Å². The summed E-state index contributed by atoms with van der Waals surface area (Å²) in [7, 11) is 0. The Hall–Kier alpha value is -1.71. The van der Waals surface area contributed by atoms with Gasteiger partial charge in [-0.15, -0.1) is 0 Å². The van der Waals surface area contributed by atoms with Crippen LogP contribution in [0, 0.1) is 0 Å². The van der Waals surface area contributed by atoms with Crippen LogP contribution in [0.5, 0.6) is 0 Å². The van der Waals surface area contributed by atoms with Gasteiger partial charge in [-0.2, -0.15) is 0 Å². The molecule has 0 saturated carbocycles. The third-order valence-corrected chi connectivity index (χ3v) is 3.72. The van der Waals surface area contributed by atoms with E-state index in [9.17, 15) is 4.79 Å². The molecule has 0 bridgehead atoms. The van der Waals surface area contributed by atoms with Crippen molar-refractivity contribution in [3.8, 4) is 0 Å². The smallest absolute Gasteiger partial charge is 0.407 e. The summed E-state index contributed by atoms with van der Waals surface area (Å²) in [6.45, 7) is 8.61. The van der Waals surface area contributed by atoms with Gasteiger partial charge in [-0.25, -0.2) is 4.79 Å². The van der Waals surface area contributed by atoms with Crippen LogP contribution in [-0.4, -0.2) is 31.3 Å². The predicted molar refractivity (Wildman–Crippen MR) is 90.4 cm³/mol. The Morgan fingerprint density at radius 3 is 2.41 bits per heavy atom. The molecule has 1 fully saturated rings. The van der Waals surface area contributed by atoms with Gasteiger partial charge in [0, 0.05) is 25.3 Å². The molecule has 0 aliphatic carbocycles. The van der Waals surface area contributed by atoms with Gasteiger partial charge in [0.1, 0.15) is 5.60 Å². The van der Waals surface area contributed by atoms with Crippen molar-refractivity contribution in [3.63, 3.8) is 0 Å². The number of aryl methyl sites for hydroxylation is 1.